The summed E-state index contributed by atoms with van der Waals surface area (Å²) >= 11 is 0. The molecule has 0 aromatic heterocycles. The van der Waals surface area contributed by atoms with Crippen molar-refractivity contribution in [1.29, 1.82) is 0 Å². The highest BCUT2D eigenvalue weighted by Gasteiger charge is 2.72. The second-order valence-electron chi connectivity index (χ2n) is 20.1. The molecule has 55 heavy (non-hydrogen) atoms. The van der Waals surface area contributed by atoms with E-state index in [1.54, 1.807) is 0 Å². The van der Waals surface area contributed by atoms with E-state index < -0.39 is 86.3 Å². The molecule has 16 unspecified atom stereocenters. The molecular weight excluding hydrogens is 712 g/mol. The van der Waals surface area contributed by atoms with Gasteiger partial charge in [0.2, 0.25) is 0 Å². The van der Waals surface area contributed by atoms with Crippen LogP contribution in [0, 0.1) is 45.3 Å². The van der Waals surface area contributed by atoms with Gasteiger partial charge in [0.25, 0.3) is 0 Å². The Kier molecular flexibility index (Phi) is 12.5. The third-order valence-electron chi connectivity index (χ3n) is 16.7. The van der Waals surface area contributed by atoms with Crippen LogP contribution >= 0.6 is 0 Å². The van der Waals surface area contributed by atoms with Gasteiger partial charge in [0.05, 0.1) is 31.0 Å². The van der Waals surface area contributed by atoms with E-state index >= 15 is 0 Å². The minimum absolute atomic E-state index is 0.104. The van der Waals surface area contributed by atoms with Crippen molar-refractivity contribution in [2.75, 3.05) is 13.2 Å². The molecule has 4 saturated carbocycles. The molecule has 9 N–H and O–H groups in total. The first-order valence-electron chi connectivity index (χ1n) is 20.9. The van der Waals surface area contributed by atoms with Crippen LogP contribution in [0.1, 0.15) is 113 Å². The number of aliphatic hydroxyl groups excluding tert-OH is 9. The molecule has 20 atom stereocenters. The van der Waals surface area contributed by atoms with Gasteiger partial charge in [-0.3, -0.25) is 0 Å². The first-order chi connectivity index (χ1) is 25.6. The van der Waals surface area contributed by atoms with E-state index in [1.807, 2.05) is 20.8 Å². The topological polar surface area (TPSA) is 219 Å². The van der Waals surface area contributed by atoms with Crippen molar-refractivity contribution < 1.29 is 64.9 Å². The van der Waals surface area contributed by atoms with Crippen molar-refractivity contribution in [3.05, 3.63) is 11.6 Å². The van der Waals surface area contributed by atoms with Crippen molar-refractivity contribution >= 4 is 0 Å². The molecule has 0 radical (unpaired) electrons. The Morgan fingerprint density at radius 1 is 0.709 bits per heavy atom. The van der Waals surface area contributed by atoms with Gasteiger partial charge in [-0.2, -0.15) is 0 Å². The predicted molar refractivity (Wildman–Crippen MR) is 201 cm³/mol. The fraction of sp³-hybridized carbons (Fsp3) is 0.952. The Labute approximate surface area is 327 Å². The van der Waals surface area contributed by atoms with Gasteiger partial charge in [0.15, 0.2) is 12.6 Å². The lowest BCUT2D eigenvalue weighted by Gasteiger charge is -2.71. The van der Waals surface area contributed by atoms with E-state index in [2.05, 4.69) is 40.7 Å². The molecule has 0 aromatic carbocycles. The van der Waals surface area contributed by atoms with Crippen LogP contribution in [0.2, 0.25) is 0 Å². The quantitative estimate of drug-likeness (QED) is 0.115. The minimum atomic E-state index is -1.55. The molecule has 0 amide bonds. The minimum Gasteiger partial charge on any atom is -0.394 e. The molecule has 13 heteroatoms. The maximum Gasteiger partial charge on any atom is 0.187 e. The molecule has 318 valence electrons. The summed E-state index contributed by atoms with van der Waals surface area (Å²) in [6, 6.07) is 0. The zero-order valence-corrected chi connectivity index (χ0v) is 34.3. The summed E-state index contributed by atoms with van der Waals surface area (Å²) in [5.74, 6) is 0.196. The number of rotatable bonds is 10. The molecule has 0 aromatic rings. The van der Waals surface area contributed by atoms with Crippen molar-refractivity contribution in [3.63, 3.8) is 0 Å². The fourth-order valence-electron chi connectivity index (χ4n) is 13.4. The molecule has 6 fully saturated rings. The SMILES string of the molecule is CC(C)=CCC[C@](C)(OC1OC(CO)C(O)C(O)C1O)C1CC[C@]2(C)C1C(O)CC1[C@@]3(C)CCC(OC4OC(CO)C(O)C(O)C4O)C(C)(C)C3CC[C@]12C. The summed E-state index contributed by atoms with van der Waals surface area (Å²) in [6.07, 6.45) is -5.39. The number of fused-ring (bicyclic) bond motifs is 5. The van der Waals surface area contributed by atoms with Crippen LogP contribution in [-0.2, 0) is 18.9 Å². The van der Waals surface area contributed by atoms with Gasteiger partial charge in [0.1, 0.15) is 48.8 Å². The Morgan fingerprint density at radius 3 is 1.85 bits per heavy atom. The van der Waals surface area contributed by atoms with Crippen LogP contribution < -0.4 is 0 Å². The Balaban J connectivity index is 1.26. The fourth-order valence-corrected chi connectivity index (χ4v) is 13.4. The number of allylic oxidation sites excluding steroid dienone is 2. The lowest BCUT2D eigenvalue weighted by molar-refractivity contribution is -0.338. The van der Waals surface area contributed by atoms with Crippen LogP contribution in [-0.4, -0.2) is 138 Å². The van der Waals surface area contributed by atoms with Gasteiger partial charge in [-0.1, -0.05) is 46.3 Å². The monoisotopic (exact) mass is 784 g/mol. The third-order valence-corrected chi connectivity index (χ3v) is 16.7. The van der Waals surface area contributed by atoms with Gasteiger partial charge >= 0.3 is 0 Å². The van der Waals surface area contributed by atoms with Gasteiger partial charge in [-0.25, -0.2) is 0 Å². The number of hydrogen-bond acceptors (Lipinski definition) is 13. The molecule has 2 saturated heterocycles. The van der Waals surface area contributed by atoms with Crippen molar-refractivity contribution in [2.24, 2.45) is 45.3 Å². The smallest absolute Gasteiger partial charge is 0.187 e. The Hall–Kier alpha value is -0.780. The van der Waals surface area contributed by atoms with Crippen molar-refractivity contribution in [2.45, 2.75) is 192 Å². The Morgan fingerprint density at radius 2 is 1.27 bits per heavy atom. The van der Waals surface area contributed by atoms with Gasteiger partial charge < -0.3 is 64.9 Å². The molecule has 0 bridgehead atoms. The highest BCUT2D eigenvalue weighted by atomic mass is 16.7. The van der Waals surface area contributed by atoms with Gasteiger partial charge in [-0.15, -0.1) is 0 Å². The largest absolute Gasteiger partial charge is 0.394 e. The molecule has 6 rings (SSSR count). The lowest BCUT2D eigenvalue weighted by atomic mass is 9.35. The van der Waals surface area contributed by atoms with E-state index in [1.165, 1.54) is 5.57 Å². The van der Waals surface area contributed by atoms with Crippen LogP contribution in [0.5, 0.6) is 0 Å². The molecular formula is C42H72O13. The predicted octanol–water partition coefficient (Wildman–Crippen LogP) is 2.15. The van der Waals surface area contributed by atoms with E-state index in [-0.39, 0.29) is 51.4 Å². The van der Waals surface area contributed by atoms with Crippen molar-refractivity contribution in [3.8, 4) is 0 Å². The summed E-state index contributed by atoms with van der Waals surface area (Å²) in [5, 5.41) is 95.9. The summed E-state index contributed by atoms with van der Waals surface area (Å²) < 4.78 is 24.9. The van der Waals surface area contributed by atoms with Crippen LogP contribution in [0.3, 0.4) is 0 Å². The van der Waals surface area contributed by atoms with Crippen LogP contribution in [0.15, 0.2) is 11.6 Å². The number of ether oxygens (including phenoxy) is 4. The number of hydrogen-bond donors (Lipinski definition) is 9. The second kappa shape index (κ2) is 15.7. The number of aliphatic hydroxyl groups is 9. The maximum atomic E-state index is 12.5. The summed E-state index contributed by atoms with van der Waals surface area (Å²) in [6.45, 7) is 16.6. The first kappa shape index (κ1) is 43.8. The lowest BCUT2D eigenvalue weighted by Crippen LogP contribution is -2.67. The molecule has 4 aliphatic carbocycles. The van der Waals surface area contributed by atoms with Gasteiger partial charge in [-0.05, 0) is 124 Å². The highest BCUT2D eigenvalue weighted by molar-refractivity contribution is 5.20. The normalized spacial score (nSPS) is 52.0. The van der Waals surface area contributed by atoms with E-state index in [0.29, 0.717) is 25.7 Å². The van der Waals surface area contributed by atoms with Crippen LogP contribution in [0.25, 0.3) is 0 Å². The molecule has 6 aliphatic rings. The summed E-state index contributed by atoms with van der Waals surface area (Å²) in [5.41, 5.74) is -0.592. The standard InChI is InChI=1S/C42H72O13/c1-21(2)10-9-14-42(8,55-37-35(51)33(49)31(47)25(20-44)53-37)22-11-16-41(7)29(22)23(45)18-27-39(5)15-13-28(38(3,4)26(39)12-17-40(27,41)6)54-36-34(50)32(48)30(46)24(19-43)52-36/h10,22-37,43-51H,9,11-20H2,1-8H3/t22?,23?,24?,25?,26?,27?,28?,29?,30?,31?,32?,33?,34?,35?,36?,37?,39-,40+,41+,42-/m0/s1. The highest BCUT2D eigenvalue weighted by Crippen LogP contribution is 2.76. The van der Waals surface area contributed by atoms with Gasteiger partial charge in [0, 0.05) is 0 Å². The van der Waals surface area contributed by atoms with Crippen LogP contribution in [0.4, 0.5) is 0 Å². The third kappa shape index (κ3) is 7.10. The van der Waals surface area contributed by atoms with E-state index in [4.69, 9.17) is 18.9 Å². The zero-order chi connectivity index (χ0) is 40.6. The van der Waals surface area contributed by atoms with E-state index in [0.717, 1.165) is 32.1 Å². The zero-order valence-electron chi connectivity index (χ0n) is 34.3. The Bertz CT molecular complexity index is 1370. The maximum absolute atomic E-state index is 12.5. The molecule has 13 nitrogen and oxygen atoms in total. The molecule has 2 heterocycles. The second-order valence-corrected chi connectivity index (χ2v) is 20.1. The summed E-state index contributed by atoms with van der Waals surface area (Å²) in [7, 11) is 0. The average molecular weight is 785 g/mol. The van der Waals surface area contributed by atoms with E-state index in [9.17, 15) is 46.0 Å². The average Bonchev–Trinajstić information content (AvgIpc) is 3.51. The molecule has 2 aliphatic heterocycles. The molecule has 0 spiro atoms. The van der Waals surface area contributed by atoms with Crippen molar-refractivity contribution in [1.82, 2.24) is 0 Å². The summed E-state index contributed by atoms with van der Waals surface area (Å²) in [4.78, 5) is 0. The first-order valence-corrected chi connectivity index (χ1v) is 20.9.